The molecule has 0 aromatic carbocycles. The predicted octanol–water partition coefficient (Wildman–Crippen LogP) is 0.789. The zero-order valence-electron chi connectivity index (χ0n) is 7.32. The highest BCUT2D eigenvalue weighted by molar-refractivity contribution is 7.10. The van der Waals surface area contributed by atoms with Crippen LogP contribution in [0.2, 0.25) is 0 Å². The summed E-state index contributed by atoms with van der Waals surface area (Å²) in [7, 11) is 0. The lowest BCUT2D eigenvalue weighted by molar-refractivity contribution is -0.120. The lowest BCUT2D eigenvalue weighted by Gasteiger charge is -2.01. The van der Waals surface area contributed by atoms with Crippen LogP contribution in [0.15, 0.2) is 17.5 Å². The van der Waals surface area contributed by atoms with Crippen LogP contribution in [0, 0.1) is 0 Å². The molecule has 1 rings (SSSR count). The number of aliphatic hydroxyl groups is 1. The Bertz CT molecular complexity index is 246. The molecule has 0 fully saturated rings. The standard InChI is InChI=1S/C9H13NO2S/c11-5-2-4-10-9(12)7-8-3-1-6-13-8/h1,3,6,11H,2,4-5,7H2,(H,10,12). The maximum atomic E-state index is 11.2. The van der Waals surface area contributed by atoms with E-state index in [1.165, 1.54) is 0 Å². The SMILES string of the molecule is O=C(Cc1cccs1)NCCCO. The molecule has 0 saturated heterocycles. The van der Waals surface area contributed by atoms with Crippen LogP contribution in [0.4, 0.5) is 0 Å². The first kappa shape index (κ1) is 10.2. The second-order valence-electron chi connectivity index (χ2n) is 2.68. The molecule has 0 aliphatic heterocycles. The van der Waals surface area contributed by atoms with E-state index in [4.69, 9.17) is 5.11 Å². The second kappa shape index (κ2) is 5.72. The third kappa shape index (κ3) is 4.05. The average molecular weight is 199 g/mol. The van der Waals surface area contributed by atoms with Crippen LogP contribution in [0.25, 0.3) is 0 Å². The minimum Gasteiger partial charge on any atom is -0.396 e. The zero-order chi connectivity index (χ0) is 9.52. The van der Waals surface area contributed by atoms with Crippen LogP contribution in [0.3, 0.4) is 0 Å². The minimum absolute atomic E-state index is 0.0240. The van der Waals surface area contributed by atoms with Crippen LogP contribution in [-0.2, 0) is 11.2 Å². The van der Waals surface area contributed by atoms with Crippen molar-refractivity contribution in [2.24, 2.45) is 0 Å². The van der Waals surface area contributed by atoms with Crippen molar-refractivity contribution in [1.82, 2.24) is 5.32 Å². The van der Waals surface area contributed by atoms with Gasteiger partial charge in [0.2, 0.25) is 5.91 Å². The van der Waals surface area contributed by atoms with Crippen molar-refractivity contribution < 1.29 is 9.90 Å². The molecule has 1 amide bonds. The van der Waals surface area contributed by atoms with Gasteiger partial charge >= 0.3 is 0 Å². The first-order valence-electron chi connectivity index (χ1n) is 4.23. The largest absolute Gasteiger partial charge is 0.396 e. The minimum atomic E-state index is 0.0240. The normalized spacial score (nSPS) is 9.92. The molecule has 0 atom stereocenters. The van der Waals surface area contributed by atoms with E-state index in [2.05, 4.69) is 5.32 Å². The highest BCUT2D eigenvalue weighted by Crippen LogP contribution is 2.08. The number of hydrogen-bond acceptors (Lipinski definition) is 3. The van der Waals surface area contributed by atoms with Crippen LogP contribution in [-0.4, -0.2) is 24.2 Å². The summed E-state index contributed by atoms with van der Waals surface area (Å²) >= 11 is 1.58. The molecule has 2 N–H and O–H groups in total. The van der Waals surface area contributed by atoms with Crippen molar-refractivity contribution in [1.29, 1.82) is 0 Å². The number of carbonyl (C=O) groups excluding carboxylic acids is 1. The molecule has 0 unspecified atom stereocenters. The molecule has 1 aromatic heterocycles. The Morgan fingerprint density at radius 2 is 2.46 bits per heavy atom. The van der Waals surface area contributed by atoms with Crippen LogP contribution in [0.1, 0.15) is 11.3 Å². The number of thiophene rings is 1. The molecular weight excluding hydrogens is 186 g/mol. The number of nitrogens with one attached hydrogen (secondary N) is 1. The van der Waals surface area contributed by atoms with Crippen molar-refractivity contribution in [3.8, 4) is 0 Å². The van der Waals surface area contributed by atoms with Crippen molar-refractivity contribution in [3.63, 3.8) is 0 Å². The number of hydrogen-bond donors (Lipinski definition) is 2. The number of carbonyl (C=O) groups is 1. The Hall–Kier alpha value is -0.870. The van der Waals surface area contributed by atoms with Gasteiger partial charge in [0.05, 0.1) is 6.42 Å². The summed E-state index contributed by atoms with van der Waals surface area (Å²) in [6.07, 6.45) is 1.07. The Morgan fingerprint density at radius 1 is 1.62 bits per heavy atom. The molecule has 0 radical (unpaired) electrons. The van der Waals surface area contributed by atoms with E-state index in [9.17, 15) is 4.79 Å². The predicted molar refractivity (Wildman–Crippen MR) is 52.7 cm³/mol. The highest BCUT2D eigenvalue weighted by atomic mass is 32.1. The van der Waals surface area contributed by atoms with Gasteiger partial charge in [0.25, 0.3) is 0 Å². The molecule has 0 saturated carbocycles. The quantitative estimate of drug-likeness (QED) is 0.689. The molecule has 0 aliphatic carbocycles. The molecule has 3 nitrogen and oxygen atoms in total. The Balaban J connectivity index is 2.18. The van der Waals surface area contributed by atoms with Gasteiger partial charge in [-0.25, -0.2) is 0 Å². The van der Waals surface area contributed by atoms with Crippen molar-refractivity contribution >= 4 is 17.2 Å². The maximum Gasteiger partial charge on any atom is 0.225 e. The van der Waals surface area contributed by atoms with Gasteiger partial charge in [0, 0.05) is 18.0 Å². The van der Waals surface area contributed by atoms with Gasteiger partial charge in [-0.1, -0.05) is 6.07 Å². The van der Waals surface area contributed by atoms with Gasteiger partial charge in [-0.2, -0.15) is 0 Å². The van der Waals surface area contributed by atoms with Gasteiger partial charge < -0.3 is 10.4 Å². The fourth-order valence-electron chi connectivity index (χ4n) is 0.941. The van der Waals surface area contributed by atoms with Gasteiger partial charge in [-0.3, -0.25) is 4.79 Å². The van der Waals surface area contributed by atoms with Gasteiger partial charge in [-0.05, 0) is 17.9 Å². The van der Waals surface area contributed by atoms with Crippen LogP contribution < -0.4 is 5.32 Å². The fraction of sp³-hybridized carbons (Fsp3) is 0.444. The Morgan fingerprint density at radius 3 is 3.08 bits per heavy atom. The maximum absolute atomic E-state index is 11.2. The van der Waals surface area contributed by atoms with Crippen LogP contribution >= 0.6 is 11.3 Å². The first-order valence-corrected chi connectivity index (χ1v) is 5.11. The number of aliphatic hydroxyl groups excluding tert-OH is 1. The summed E-state index contributed by atoms with van der Waals surface area (Å²) in [6, 6.07) is 3.87. The Kier molecular flexibility index (Phi) is 4.49. The fourth-order valence-corrected chi connectivity index (χ4v) is 1.64. The lowest BCUT2D eigenvalue weighted by Crippen LogP contribution is -2.26. The smallest absolute Gasteiger partial charge is 0.225 e. The van der Waals surface area contributed by atoms with E-state index >= 15 is 0 Å². The van der Waals surface area contributed by atoms with Crippen molar-refractivity contribution in [2.75, 3.05) is 13.2 Å². The molecule has 0 aliphatic rings. The Labute approximate surface area is 81.4 Å². The third-order valence-electron chi connectivity index (χ3n) is 1.57. The van der Waals surface area contributed by atoms with Gasteiger partial charge in [0.1, 0.15) is 0 Å². The summed E-state index contributed by atoms with van der Waals surface area (Å²) in [4.78, 5) is 12.3. The molecule has 1 aromatic rings. The first-order chi connectivity index (χ1) is 6.33. The monoisotopic (exact) mass is 199 g/mol. The van der Waals surface area contributed by atoms with Crippen LogP contribution in [0.5, 0.6) is 0 Å². The van der Waals surface area contributed by atoms with Gasteiger partial charge in [-0.15, -0.1) is 11.3 Å². The molecule has 72 valence electrons. The van der Waals surface area contributed by atoms with Crippen molar-refractivity contribution in [2.45, 2.75) is 12.8 Å². The second-order valence-corrected chi connectivity index (χ2v) is 3.72. The summed E-state index contributed by atoms with van der Waals surface area (Å²) < 4.78 is 0. The number of amides is 1. The van der Waals surface area contributed by atoms with E-state index in [0.29, 0.717) is 19.4 Å². The summed E-state index contributed by atoms with van der Waals surface area (Å²) in [5.74, 6) is 0.0240. The molecule has 4 heteroatoms. The van der Waals surface area contributed by atoms with Crippen molar-refractivity contribution in [3.05, 3.63) is 22.4 Å². The molecule has 0 spiro atoms. The molecule has 0 bridgehead atoms. The highest BCUT2D eigenvalue weighted by Gasteiger charge is 2.02. The third-order valence-corrected chi connectivity index (χ3v) is 2.45. The summed E-state index contributed by atoms with van der Waals surface area (Å²) in [5.41, 5.74) is 0. The summed E-state index contributed by atoms with van der Waals surface area (Å²) in [6.45, 7) is 0.681. The summed E-state index contributed by atoms with van der Waals surface area (Å²) in [5, 5.41) is 13.2. The number of rotatable bonds is 5. The van der Waals surface area contributed by atoms with E-state index in [0.717, 1.165) is 4.88 Å². The molecular formula is C9H13NO2S. The van der Waals surface area contributed by atoms with E-state index in [1.54, 1.807) is 11.3 Å². The lowest BCUT2D eigenvalue weighted by atomic mass is 10.3. The van der Waals surface area contributed by atoms with E-state index in [1.807, 2.05) is 17.5 Å². The average Bonchev–Trinajstić information content (AvgIpc) is 2.57. The molecule has 13 heavy (non-hydrogen) atoms. The van der Waals surface area contributed by atoms with Gasteiger partial charge in [0.15, 0.2) is 0 Å². The molecule has 1 heterocycles. The topological polar surface area (TPSA) is 49.3 Å². The van der Waals surface area contributed by atoms with E-state index < -0.39 is 0 Å². The zero-order valence-corrected chi connectivity index (χ0v) is 8.14. The van der Waals surface area contributed by atoms with E-state index in [-0.39, 0.29) is 12.5 Å².